The molecule has 154 valence electrons. The first kappa shape index (κ1) is 22.7. The van der Waals surface area contributed by atoms with E-state index in [1.54, 1.807) is 18.4 Å². The largest absolute Gasteiger partial charge is 0.495 e. The maximum Gasteiger partial charge on any atom is 0.193 e. The summed E-state index contributed by atoms with van der Waals surface area (Å²) in [7, 11) is 3.59. The average Bonchev–Trinajstić information content (AvgIpc) is 3.02. The molecule has 0 unspecified atom stereocenters. The van der Waals surface area contributed by atoms with Gasteiger partial charge in [0.25, 0.3) is 0 Å². The van der Waals surface area contributed by atoms with Gasteiger partial charge in [-0.25, -0.2) is 4.98 Å². The molecule has 2 heterocycles. The van der Waals surface area contributed by atoms with Crippen molar-refractivity contribution in [3.8, 4) is 5.75 Å². The Morgan fingerprint density at radius 2 is 1.93 bits per heavy atom. The number of aromatic nitrogens is 1. The lowest BCUT2D eigenvalue weighted by Crippen LogP contribution is -2.52. The molecule has 0 spiro atoms. The fourth-order valence-electron chi connectivity index (χ4n) is 3.48. The third kappa shape index (κ3) is 5.50. The van der Waals surface area contributed by atoms with Crippen molar-refractivity contribution in [3.63, 3.8) is 0 Å². The van der Waals surface area contributed by atoms with Gasteiger partial charge in [-0.05, 0) is 26.0 Å². The monoisotopic (exact) mass is 515 g/mol. The molecule has 1 fully saturated rings. The second-order valence-corrected chi connectivity index (χ2v) is 7.90. The minimum Gasteiger partial charge on any atom is -0.495 e. The summed E-state index contributed by atoms with van der Waals surface area (Å²) in [5, 5.41) is 4.65. The maximum absolute atomic E-state index is 5.51. The number of anilines is 1. The number of halogens is 1. The van der Waals surface area contributed by atoms with Gasteiger partial charge in [0.05, 0.1) is 23.5 Å². The van der Waals surface area contributed by atoms with Crippen LogP contribution in [0, 0.1) is 13.8 Å². The van der Waals surface area contributed by atoms with Crippen LogP contribution in [-0.2, 0) is 6.42 Å². The second kappa shape index (κ2) is 10.8. The van der Waals surface area contributed by atoms with Gasteiger partial charge in [-0.3, -0.25) is 4.99 Å². The van der Waals surface area contributed by atoms with Crippen molar-refractivity contribution in [2.75, 3.05) is 51.8 Å². The SMILES string of the molecule is CN=C(NCCc1sc(C)nc1C)N1CCN(c2ccccc2OC)CC1.I. The Kier molecular flexibility index (Phi) is 8.81. The predicted octanol–water partition coefficient (Wildman–Crippen LogP) is 3.33. The van der Waals surface area contributed by atoms with E-state index in [2.05, 4.69) is 51.1 Å². The molecule has 1 aromatic heterocycles. The molecule has 6 nitrogen and oxygen atoms in total. The molecule has 0 saturated carbocycles. The Bertz CT molecular complexity index is 787. The number of ether oxygens (including phenoxy) is 1. The smallest absolute Gasteiger partial charge is 0.193 e. The van der Waals surface area contributed by atoms with Gasteiger partial charge >= 0.3 is 0 Å². The van der Waals surface area contributed by atoms with Crippen LogP contribution < -0.4 is 15.0 Å². The number of nitrogens with one attached hydrogen (secondary N) is 1. The lowest BCUT2D eigenvalue weighted by molar-refractivity contribution is 0.367. The highest BCUT2D eigenvalue weighted by molar-refractivity contribution is 14.0. The van der Waals surface area contributed by atoms with Gasteiger partial charge in [0.2, 0.25) is 0 Å². The number of nitrogens with zero attached hydrogens (tertiary/aromatic N) is 4. The van der Waals surface area contributed by atoms with E-state index in [1.807, 2.05) is 19.2 Å². The van der Waals surface area contributed by atoms with Crippen LogP contribution in [0.3, 0.4) is 0 Å². The first-order valence-electron chi connectivity index (χ1n) is 9.39. The van der Waals surface area contributed by atoms with Crippen LogP contribution in [-0.4, -0.2) is 62.7 Å². The van der Waals surface area contributed by atoms with Crippen LogP contribution in [0.2, 0.25) is 0 Å². The van der Waals surface area contributed by atoms with Crippen molar-refractivity contribution >= 4 is 47.0 Å². The quantitative estimate of drug-likeness (QED) is 0.376. The Morgan fingerprint density at radius 1 is 1.21 bits per heavy atom. The molecule has 1 N–H and O–H groups in total. The summed E-state index contributed by atoms with van der Waals surface area (Å²) < 4.78 is 5.51. The second-order valence-electron chi connectivity index (χ2n) is 6.61. The van der Waals surface area contributed by atoms with Gasteiger partial charge < -0.3 is 19.9 Å². The van der Waals surface area contributed by atoms with Gasteiger partial charge in [0.1, 0.15) is 5.75 Å². The van der Waals surface area contributed by atoms with Crippen LogP contribution in [0.25, 0.3) is 0 Å². The summed E-state index contributed by atoms with van der Waals surface area (Å²) in [6.45, 7) is 8.82. The highest BCUT2D eigenvalue weighted by Gasteiger charge is 2.21. The molecule has 1 aliphatic rings. The van der Waals surface area contributed by atoms with Crippen LogP contribution in [0.5, 0.6) is 5.75 Å². The van der Waals surface area contributed by atoms with Crippen LogP contribution >= 0.6 is 35.3 Å². The number of guanidine groups is 1. The van der Waals surface area contributed by atoms with Crippen molar-refractivity contribution in [1.82, 2.24) is 15.2 Å². The molecule has 0 radical (unpaired) electrons. The van der Waals surface area contributed by atoms with E-state index in [0.717, 1.165) is 61.6 Å². The number of rotatable bonds is 5. The predicted molar refractivity (Wildman–Crippen MR) is 129 cm³/mol. The zero-order valence-electron chi connectivity index (χ0n) is 17.1. The minimum atomic E-state index is 0. The molecular formula is C20H30IN5OS. The summed E-state index contributed by atoms with van der Waals surface area (Å²) in [5.74, 6) is 1.91. The zero-order valence-corrected chi connectivity index (χ0v) is 20.2. The molecule has 0 bridgehead atoms. The number of benzene rings is 1. The summed E-state index contributed by atoms with van der Waals surface area (Å²) in [4.78, 5) is 15.1. The van der Waals surface area contributed by atoms with Gasteiger partial charge in [0.15, 0.2) is 5.96 Å². The average molecular weight is 515 g/mol. The van der Waals surface area contributed by atoms with E-state index < -0.39 is 0 Å². The van der Waals surface area contributed by atoms with Crippen molar-refractivity contribution in [2.45, 2.75) is 20.3 Å². The number of para-hydroxylation sites is 2. The van der Waals surface area contributed by atoms with Gasteiger partial charge in [-0.15, -0.1) is 35.3 Å². The lowest BCUT2D eigenvalue weighted by Gasteiger charge is -2.38. The molecule has 1 aromatic carbocycles. The van der Waals surface area contributed by atoms with E-state index in [9.17, 15) is 0 Å². The van der Waals surface area contributed by atoms with Crippen molar-refractivity contribution in [3.05, 3.63) is 39.8 Å². The van der Waals surface area contributed by atoms with Crippen molar-refractivity contribution in [1.29, 1.82) is 0 Å². The summed E-state index contributed by atoms with van der Waals surface area (Å²) >= 11 is 1.79. The minimum absolute atomic E-state index is 0. The number of methoxy groups -OCH3 is 1. The van der Waals surface area contributed by atoms with E-state index in [-0.39, 0.29) is 24.0 Å². The molecule has 3 rings (SSSR count). The van der Waals surface area contributed by atoms with Crippen molar-refractivity contribution in [2.24, 2.45) is 4.99 Å². The van der Waals surface area contributed by atoms with Crippen LogP contribution in [0.1, 0.15) is 15.6 Å². The molecule has 8 heteroatoms. The molecule has 28 heavy (non-hydrogen) atoms. The van der Waals surface area contributed by atoms with E-state index in [0.29, 0.717) is 0 Å². The molecule has 1 saturated heterocycles. The fourth-order valence-corrected chi connectivity index (χ4v) is 4.41. The maximum atomic E-state index is 5.51. The fraction of sp³-hybridized carbons (Fsp3) is 0.500. The molecule has 0 amide bonds. The van der Waals surface area contributed by atoms with Crippen LogP contribution in [0.15, 0.2) is 29.3 Å². The summed E-state index contributed by atoms with van der Waals surface area (Å²) in [5.41, 5.74) is 2.32. The summed E-state index contributed by atoms with van der Waals surface area (Å²) in [6.07, 6.45) is 0.984. The van der Waals surface area contributed by atoms with Crippen LogP contribution in [0.4, 0.5) is 5.69 Å². The highest BCUT2D eigenvalue weighted by atomic mass is 127. The normalized spacial score (nSPS) is 14.6. The Hall–Kier alpha value is -1.55. The third-order valence-electron chi connectivity index (χ3n) is 4.85. The zero-order chi connectivity index (χ0) is 19.2. The van der Waals surface area contributed by atoms with E-state index in [1.165, 1.54) is 10.6 Å². The number of hydrogen-bond acceptors (Lipinski definition) is 5. The number of aliphatic imine (C=N–C) groups is 1. The molecule has 2 aromatic rings. The molecule has 0 aliphatic carbocycles. The Labute approximate surface area is 189 Å². The number of aryl methyl sites for hydroxylation is 2. The number of hydrogen-bond donors (Lipinski definition) is 1. The number of thiazole rings is 1. The third-order valence-corrected chi connectivity index (χ3v) is 5.98. The summed E-state index contributed by atoms with van der Waals surface area (Å²) in [6, 6.07) is 8.22. The van der Waals surface area contributed by atoms with Gasteiger partial charge in [-0.2, -0.15) is 0 Å². The molecular weight excluding hydrogens is 485 g/mol. The first-order chi connectivity index (χ1) is 13.1. The van der Waals surface area contributed by atoms with Gasteiger partial charge in [0, 0.05) is 51.1 Å². The number of piperazine rings is 1. The Morgan fingerprint density at radius 3 is 2.54 bits per heavy atom. The first-order valence-corrected chi connectivity index (χ1v) is 10.2. The topological polar surface area (TPSA) is 53.0 Å². The lowest BCUT2D eigenvalue weighted by atomic mass is 10.2. The Balaban J connectivity index is 0.00000280. The standard InChI is InChI=1S/C20H29N5OS.HI/c1-15-19(27-16(2)23-15)9-10-22-20(21-3)25-13-11-24(12-14-25)17-7-5-6-8-18(17)26-4;/h5-8H,9-14H2,1-4H3,(H,21,22);1H. The van der Waals surface area contributed by atoms with Gasteiger partial charge in [-0.1, -0.05) is 12.1 Å². The van der Waals surface area contributed by atoms with E-state index in [4.69, 9.17) is 4.74 Å². The molecule has 1 aliphatic heterocycles. The molecule has 0 atom stereocenters. The van der Waals surface area contributed by atoms with Crippen molar-refractivity contribution < 1.29 is 4.74 Å². The van der Waals surface area contributed by atoms with E-state index >= 15 is 0 Å². The highest BCUT2D eigenvalue weighted by Crippen LogP contribution is 2.28.